The molecule has 3 heteroatoms. The van der Waals surface area contributed by atoms with E-state index in [1.807, 2.05) is 24.3 Å². The van der Waals surface area contributed by atoms with Gasteiger partial charge in [0.1, 0.15) is 11.2 Å². The molecule has 2 aromatic heterocycles. The molecular formula is C52H34N2O. The van der Waals surface area contributed by atoms with Crippen molar-refractivity contribution in [2.45, 2.75) is 0 Å². The van der Waals surface area contributed by atoms with Gasteiger partial charge in [0.2, 0.25) is 0 Å². The Morgan fingerprint density at radius 2 is 0.782 bits per heavy atom. The molecule has 0 fully saturated rings. The zero-order valence-electron chi connectivity index (χ0n) is 29.9. The van der Waals surface area contributed by atoms with Gasteiger partial charge >= 0.3 is 0 Å². The van der Waals surface area contributed by atoms with Crippen molar-refractivity contribution in [2.75, 3.05) is 0 Å². The van der Waals surface area contributed by atoms with Crippen LogP contribution in [0.3, 0.4) is 0 Å². The maximum atomic E-state index is 6.59. The lowest BCUT2D eigenvalue weighted by Crippen LogP contribution is -1.98. The van der Waals surface area contributed by atoms with Crippen molar-refractivity contribution in [1.82, 2.24) is 9.97 Å². The highest BCUT2D eigenvalue weighted by atomic mass is 16.3. The molecule has 3 nitrogen and oxygen atoms in total. The summed E-state index contributed by atoms with van der Waals surface area (Å²) in [6.07, 6.45) is 0. The predicted octanol–water partition coefficient (Wildman–Crippen LogP) is 14.0. The highest BCUT2D eigenvalue weighted by Crippen LogP contribution is 2.41. The number of para-hydroxylation sites is 2. The largest absolute Gasteiger partial charge is 0.455 e. The van der Waals surface area contributed by atoms with Gasteiger partial charge in [-0.15, -0.1) is 0 Å². The van der Waals surface area contributed by atoms with Gasteiger partial charge in [-0.05, 0) is 75.3 Å². The van der Waals surface area contributed by atoms with Crippen LogP contribution in [-0.4, -0.2) is 9.97 Å². The van der Waals surface area contributed by atoms with Gasteiger partial charge in [0.15, 0.2) is 5.82 Å². The van der Waals surface area contributed by atoms with E-state index in [4.69, 9.17) is 14.4 Å². The quantitative estimate of drug-likeness (QED) is 0.166. The first kappa shape index (κ1) is 32.3. The minimum absolute atomic E-state index is 0.674. The fourth-order valence-electron chi connectivity index (χ4n) is 7.60. The third kappa shape index (κ3) is 6.18. The summed E-state index contributed by atoms with van der Waals surface area (Å²) < 4.78 is 6.59. The molecular weight excluding hydrogens is 669 g/mol. The monoisotopic (exact) mass is 702 g/mol. The molecule has 55 heavy (non-hydrogen) atoms. The molecule has 0 unspecified atom stereocenters. The standard InChI is InChI=1S/C52H34N2O/c1-4-16-35(17-5-1)38-22-14-23-39(30-38)40-31-41(44-27-15-28-46-45-25-12-13-29-50(45)55-51(44)46)33-42(32-40)49-34-48(37-20-8-3-9-21-37)53-52(54-49)47-26-11-10-24-43(47)36-18-6-2-7-19-36/h1-34H. The highest BCUT2D eigenvalue weighted by Gasteiger charge is 2.18. The fraction of sp³-hybridized carbons (Fsp3) is 0. The van der Waals surface area contributed by atoms with Crippen LogP contribution in [0.5, 0.6) is 0 Å². The number of rotatable bonds is 7. The van der Waals surface area contributed by atoms with E-state index in [0.717, 1.165) is 89.0 Å². The Balaban J connectivity index is 1.22. The average molecular weight is 703 g/mol. The second-order valence-electron chi connectivity index (χ2n) is 13.8. The van der Waals surface area contributed by atoms with E-state index in [2.05, 4.69) is 182 Å². The first-order valence-corrected chi connectivity index (χ1v) is 18.6. The molecule has 10 aromatic rings. The van der Waals surface area contributed by atoms with Crippen molar-refractivity contribution >= 4 is 21.9 Å². The Morgan fingerprint density at radius 3 is 1.55 bits per heavy atom. The van der Waals surface area contributed by atoms with Crippen LogP contribution in [0.25, 0.3) is 100 Å². The first-order chi connectivity index (χ1) is 27.2. The van der Waals surface area contributed by atoms with Gasteiger partial charge in [-0.25, -0.2) is 9.97 Å². The van der Waals surface area contributed by atoms with Gasteiger partial charge in [0, 0.05) is 33.0 Å². The summed E-state index contributed by atoms with van der Waals surface area (Å²) in [6, 6.07) is 72.1. The van der Waals surface area contributed by atoms with Gasteiger partial charge in [-0.2, -0.15) is 0 Å². The van der Waals surface area contributed by atoms with Crippen LogP contribution in [-0.2, 0) is 0 Å². The van der Waals surface area contributed by atoms with Crippen LogP contribution in [0.2, 0.25) is 0 Å². The molecule has 0 atom stereocenters. The van der Waals surface area contributed by atoms with Gasteiger partial charge in [-0.1, -0.05) is 170 Å². The summed E-state index contributed by atoms with van der Waals surface area (Å²) in [5.74, 6) is 0.674. The summed E-state index contributed by atoms with van der Waals surface area (Å²) in [5.41, 5.74) is 15.3. The molecule has 0 aliphatic heterocycles. The molecule has 8 aromatic carbocycles. The number of fused-ring (bicyclic) bond motifs is 3. The molecule has 0 amide bonds. The number of hydrogen-bond donors (Lipinski definition) is 0. The Labute approximate surface area is 319 Å². The van der Waals surface area contributed by atoms with Gasteiger partial charge in [0.05, 0.1) is 11.4 Å². The van der Waals surface area contributed by atoms with Gasteiger partial charge < -0.3 is 4.42 Å². The van der Waals surface area contributed by atoms with Crippen LogP contribution in [0.4, 0.5) is 0 Å². The second kappa shape index (κ2) is 13.9. The molecule has 0 radical (unpaired) electrons. The third-order valence-corrected chi connectivity index (χ3v) is 10.3. The number of aromatic nitrogens is 2. The van der Waals surface area contributed by atoms with Crippen LogP contribution < -0.4 is 0 Å². The minimum Gasteiger partial charge on any atom is -0.455 e. The normalized spacial score (nSPS) is 11.3. The number of benzene rings is 8. The van der Waals surface area contributed by atoms with Crippen molar-refractivity contribution in [3.8, 4) is 78.4 Å². The molecule has 0 saturated heterocycles. The van der Waals surface area contributed by atoms with E-state index in [0.29, 0.717) is 5.82 Å². The van der Waals surface area contributed by atoms with Crippen molar-refractivity contribution in [3.05, 3.63) is 206 Å². The van der Waals surface area contributed by atoms with E-state index >= 15 is 0 Å². The number of furan rings is 1. The highest BCUT2D eigenvalue weighted by molar-refractivity contribution is 6.10. The summed E-state index contributed by atoms with van der Waals surface area (Å²) >= 11 is 0. The van der Waals surface area contributed by atoms with E-state index < -0.39 is 0 Å². The van der Waals surface area contributed by atoms with Crippen LogP contribution in [0.1, 0.15) is 0 Å². The summed E-state index contributed by atoms with van der Waals surface area (Å²) in [5, 5.41) is 2.20. The molecule has 10 rings (SSSR count). The SMILES string of the molecule is c1ccc(-c2cccc(-c3cc(-c4cc(-c5ccccc5)nc(-c5ccccc5-c5ccccc5)n4)cc(-c4cccc5c4oc4ccccc45)c3)c2)cc1. The lowest BCUT2D eigenvalue weighted by molar-refractivity contribution is 0.670. The van der Waals surface area contributed by atoms with Gasteiger partial charge in [0.25, 0.3) is 0 Å². The van der Waals surface area contributed by atoms with Crippen molar-refractivity contribution in [2.24, 2.45) is 0 Å². The Hall–Kier alpha value is -7.36. The van der Waals surface area contributed by atoms with Crippen LogP contribution >= 0.6 is 0 Å². The maximum absolute atomic E-state index is 6.59. The molecule has 0 saturated carbocycles. The zero-order chi connectivity index (χ0) is 36.6. The lowest BCUT2D eigenvalue weighted by atomic mass is 9.92. The summed E-state index contributed by atoms with van der Waals surface area (Å²) in [7, 11) is 0. The molecule has 0 aliphatic carbocycles. The molecule has 0 bridgehead atoms. The average Bonchev–Trinajstić information content (AvgIpc) is 3.66. The van der Waals surface area contributed by atoms with E-state index in [1.165, 1.54) is 5.56 Å². The van der Waals surface area contributed by atoms with Crippen molar-refractivity contribution in [1.29, 1.82) is 0 Å². The molecule has 0 aliphatic rings. The predicted molar refractivity (Wildman–Crippen MR) is 227 cm³/mol. The summed E-state index contributed by atoms with van der Waals surface area (Å²) in [4.78, 5) is 10.6. The van der Waals surface area contributed by atoms with Gasteiger partial charge in [-0.3, -0.25) is 0 Å². The Kier molecular flexibility index (Phi) is 8.16. The molecule has 0 spiro atoms. The minimum atomic E-state index is 0.674. The maximum Gasteiger partial charge on any atom is 0.161 e. The van der Waals surface area contributed by atoms with Crippen molar-refractivity contribution < 1.29 is 4.42 Å². The Bertz CT molecular complexity index is 2970. The Morgan fingerprint density at radius 1 is 0.291 bits per heavy atom. The van der Waals surface area contributed by atoms with Crippen LogP contribution in [0.15, 0.2) is 211 Å². The fourth-order valence-corrected chi connectivity index (χ4v) is 7.60. The van der Waals surface area contributed by atoms with Crippen LogP contribution in [0, 0.1) is 0 Å². The smallest absolute Gasteiger partial charge is 0.161 e. The summed E-state index contributed by atoms with van der Waals surface area (Å²) in [6.45, 7) is 0. The van der Waals surface area contributed by atoms with E-state index in [1.54, 1.807) is 0 Å². The zero-order valence-corrected chi connectivity index (χ0v) is 29.9. The third-order valence-electron chi connectivity index (χ3n) is 10.3. The van der Waals surface area contributed by atoms with E-state index in [-0.39, 0.29) is 0 Å². The number of nitrogens with zero attached hydrogens (tertiary/aromatic N) is 2. The topological polar surface area (TPSA) is 38.9 Å². The number of hydrogen-bond acceptors (Lipinski definition) is 3. The molecule has 258 valence electrons. The molecule has 0 N–H and O–H groups in total. The second-order valence-corrected chi connectivity index (χ2v) is 13.8. The van der Waals surface area contributed by atoms with E-state index in [9.17, 15) is 0 Å². The van der Waals surface area contributed by atoms with Crippen molar-refractivity contribution in [3.63, 3.8) is 0 Å². The lowest BCUT2D eigenvalue weighted by Gasteiger charge is -2.15. The first-order valence-electron chi connectivity index (χ1n) is 18.6. The molecule has 2 heterocycles.